The molecule has 120 valence electrons. The van der Waals surface area contributed by atoms with Crippen LogP contribution in [0.4, 0.5) is 4.79 Å². The predicted octanol–water partition coefficient (Wildman–Crippen LogP) is 3.16. The molecule has 0 aliphatic carbocycles. The maximum absolute atomic E-state index is 12.7. The van der Waals surface area contributed by atoms with E-state index in [1.165, 1.54) is 12.0 Å². The van der Waals surface area contributed by atoms with Crippen molar-refractivity contribution in [2.75, 3.05) is 7.11 Å². The molecule has 0 aromatic heterocycles. The Labute approximate surface area is 131 Å². The average molecular weight is 305 g/mol. The summed E-state index contributed by atoms with van der Waals surface area (Å²) in [5.74, 6) is -0.356. The molecule has 0 unspecified atom stereocenters. The molecule has 1 aliphatic rings. The van der Waals surface area contributed by atoms with Crippen LogP contribution >= 0.6 is 0 Å². The maximum atomic E-state index is 12.7. The Morgan fingerprint density at radius 2 is 1.86 bits per heavy atom. The highest BCUT2D eigenvalue weighted by Gasteiger charge is 2.47. The summed E-state index contributed by atoms with van der Waals surface area (Å²) in [5.41, 5.74) is 0.472. The molecule has 3 atom stereocenters. The lowest BCUT2D eigenvalue weighted by Gasteiger charge is -2.31. The first-order valence-corrected chi connectivity index (χ1v) is 7.38. The first-order chi connectivity index (χ1) is 10.3. The molecule has 1 fully saturated rings. The van der Waals surface area contributed by atoms with Crippen molar-refractivity contribution >= 4 is 12.0 Å². The summed E-state index contributed by atoms with van der Waals surface area (Å²) in [6.45, 7) is 7.52. The molecule has 1 heterocycles. The molecular weight excluding hydrogens is 282 g/mol. The van der Waals surface area contributed by atoms with Crippen LogP contribution in [0.3, 0.4) is 0 Å². The molecule has 1 aromatic carbocycles. The Hall–Kier alpha value is -1.88. The number of hydrogen-bond acceptors (Lipinski definition) is 4. The minimum atomic E-state index is -0.697. The van der Waals surface area contributed by atoms with Gasteiger partial charge in [-0.3, -0.25) is 4.79 Å². The lowest BCUT2D eigenvalue weighted by Crippen LogP contribution is -2.49. The van der Waals surface area contributed by atoms with Crippen molar-refractivity contribution in [3.63, 3.8) is 0 Å². The van der Waals surface area contributed by atoms with Gasteiger partial charge in [-0.1, -0.05) is 51.1 Å². The standard InChI is InChI=1S/C17H23NO4/c1-11-13(12-9-7-6-8-10-12)22-16(20)18(11)15(19)14(21-5)17(2,3)4/h6-11,13-14H,1-5H3/t11-,13-,14+/m0/s1. The summed E-state index contributed by atoms with van der Waals surface area (Å²) >= 11 is 0. The molecule has 5 heteroatoms. The van der Waals surface area contributed by atoms with Gasteiger partial charge in [0.1, 0.15) is 12.2 Å². The molecule has 1 saturated heterocycles. The summed E-state index contributed by atoms with van der Waals surface area (Å²) in [6, 6.07) is 9.07. The van der Waals surface area contributed by atoms with Crippen LogP contribution in [-0.4, -0.2) is 36.2 Å². The zero-order valence-electron chi connectivity index (χ0n) is 13.7. The van der Waals surface area contributed by atoms with Crippen LogP contribution < -0.4 is 0 Å². The predicted molar refractivity (Wildman–Crippen MR) is 82.2 cm³/mol. The van der Waals surface area contributed by atoms with Crippen molar-refractivity contribution in [1.29, 1.82) is 0 Å². The number of methoxy groups -OCH3 is 1. The minimum absolute atomic E-state index is 0.356. The molecule has 5 nitrogen and oxygen atoms in total. The van der Waals surface area contributed by atoms with Crippen LogP contribution in [0.5, 0.6) is 0 Å². The molecule has 0 bridgehead atoms. The number of nitrogens with zero attached hydrogens (tertiary/aromatic N) is 1. The van der Waals surface area contributed by atoms with Crippen LogP contribution in [0.2, 0.25) is 0 Å². The Bertz CT molecular complexity index is 550. The van der Waals surface area contributed by atoms with Crippen molar-refractivity contribution in [2.45, 2.75) is 45.9 Å². The number of amides is 2. The first-order valence-electron chi connectivity index (χ1n) is 7.38. The van der Waals surface area contributed by atoms with E-state index >= 15 is 0 Å². The van der Waals surface area contributed by atoms with Gasteiger partial charge in [0.2, 0.25) is 0 Å². The quantitative estimate of drug-likeness (QED) is 0.861. The molecule has 0 radical (unpaired) electrons. The lowest BCUT2D eigenvalue weighted by atomic mass is 9.87. The van der Waals surface area contributed by atoms with E-state index in [4.69, 9.17) is 9.47 Å². The summed E-state index contributed by atoms with van der Waals surface area (Å²) in [6.07, 6.45) is -1.76. The van der Waals surface area contributed by atoms with Crippen LogP contribution in [-0.2, 0) is 14.3 Å². The summed E-state index contributed by atoms with van der Waals surface area (Å²) in [7, 11) is 1.48. The normalized spacial score (nSPS) is 23.3. The zero-order chi connectivity index (χ0) is 16.5. The van der Waals surface area contributed by atoms with E-state index in [-0.39, 0.29) is 11.9 Å². The van der Waals surface area contributed by atoms with Gasteiger partial charge in [-0.25, -0.2) is 9.69 Å². The number of imide groups is 1. The Morgan fingerprint density at radius 1 is 1.27 bits per heavy atom. The summed E-state index contributed by atoms with van der Waals surface area (Å²) in [4.78, 5) is 26.1. The molecule has 0 N–H and O–H groups in total. The van der Waals surface area contributed by atoms with Crippen molar-refractivity contribution in [2.24, 2.45) is 5.41 Å². The van der Waals surface area contributed by atoms with E-state index < -0.39 is 23.7 Å². The van der Waals surface area contributed by atoms with Crippen molar-refractivity contribution < 1.29 is 19.1 Å². The van der Waals surface area contributed by atoms with Gasteiger partial charge >= 0.3 is 6.09 Å². The van der Waals surface area contributed by atoms with Gasteiger partial charge < -0.3 is 9.47 Å². The highest BCUT2D eigenvalue weighted by Crippen LogP contribution is 2.34. The second-order valence-electron chi connectivity index (χ2n) is 6.65. The Morgan fingerprint density at radius 3 is 2.36 bits per heavy atom. The second kappa shape index (κ2) is 6.08. The highest BCUT2D eigenvalue weighted by atomic mass is 16.6. The van der Waals surface area contributed by atoms with E-state index in [0.717, 1.165) is 5.56 Å². The molecular formula is C17H23NO4. The first kappa shape index (κ1) is 16.5. The third-order valence-electron chi connectivity index (χ3n) is 3.88. The molecule has 1 aliphatic heterocycles. The van der Waals surface area contributed by atoms with Gasteiger partial charge in [0.05, 0.1) is 6.04 Å². The maximum Gasteiger partial charge on any atom is 0.417 e. The fourth-order valence-electron chi connectivity index (χ4n) is 2.80. The van der Waals surface area contributed by atoms with Gasteiger partial charge in [0.15, 0.2) is 0 Å². The Balaban J connectivity index is 2.25. The van der Waals surface area contributed by atoms with Gasteiger partial charge in [-0.05, 0) is 17.9 Å². The zero-order valence-corrected chi connectivity index (χ0v) is 13.7. The average Bonchev–Trinajstić information content (AvgIpc) is 2.74. The highest BCUT2D eigenvalue weighted by molar-refractivity contribution is 5.96. The van der Waals surface area contributed by atoms with E-state index in [1.807, 2.05) is 58.0 Å². The lowest BCUT2D eigenvalue weighted by molar-refractivity contribution is -0.146. The second-order valence-corrected chi connectivity index (χ2v) is 6.65. The number of hydrogen-bond donors (Lipinski definition) is 0. The topological polar surface area (TPSA) is 55.8 Å². The third-order valence-corrected chi connectivity index (χ3v) is 3.88. The van der Waals surface area contributed by atoms with Crippen LogP contribution in [0, 0.1) is 5.41 Å². The van der Waals surface area contributed by atoms with Crippen LogP contribution in [0.15, 0.2) is 30.3 Å². The Kier molecular flexibility index (Phi) is 4.56. The number of rotatable bonds is 3. The van der Waals surface area contributed by atoms with Gasteiger partial charge in [-0.15, -0.1) is 0 Å². The fraction of sp³-hybridized carbons (Fsp3) is 0.529. The largest absolute Gasteiger partial charge is 0.439 e. The molecule has 0 saturated carbocycles. The number of carbonyl (C=O) groups excluding carboxylic acids is 2. The number of carbonyl (C=O) groups is 2. The summed E-state index contributed by atoms with van der Waals surface area (Å²) in [5, 5.41) is 0. The van der Waals surface area contributed by atoms with E-state index in [2.05, 4.69) is 0 Å². The smallest absolute Gasteiger partial charge is 0.417 e. The van der Waals surface area contributed by atoms with Gasteiger partial charge in [-0.2, -0.15) is 0 Å². The van der Waals surface area contributed by atoms with Gasteiger partial charge in [0.25, 0.3) is 5.91 Å². The molecule has 22 heavy (non-hydrogen) atoms. The van der Waals surface area contributed by atoms with Crippen molar-refractivity contribution in [3.05, 3.63) is 35.9 Å². The fourth-order valence-corrected chi connectivity index (χ4v) is 2.80. The molecule has 2 rings (SSSR count). The van der Waals surface area contributed by atoms with Crippen molar-refractivity contribution in [1.82, 2.24) is 4.90 Å². The van der Waals surface area contributed by atoms with E-state index in [9.17, 15) is 9.59 Å². The minimum Gasteiger partial charge on any atom is -0.439 e. The molecule has 0 spiro atoms. The third kappa shape index (κ3) is 2.99. The monoisotopic (exact) mass is 305 g/mol. The van der Waals surface area contributed by atoms with Gasteiger partial charge in [0, 0.05) is 7.11 Å². The SMILES string of the molecule is CO[C@H](C(=O)N1C(=O)O[C@H](c2ccccc2)[C@@H]1C)C(C)(C)C. The number of benzene rings is 1. The van der Waals surface area contributed by atoms with E-state index in [1.54, 1.807) is 0 Å². The summed E-state index contributed by atoms with van der Waals surface area (Å²) < 4.78 is 10.7. The number of ether oxygens (including phenoxy) is 2. The van der Waals surface area contributed by atoms with Crippen molar-refractivity contribution in [3.8, 4) is 0 Å². The van der Waals surface area contributed by atoms with Crippen LogP contribution in [0.25, 0.3) is 0 Å². The van der Waals surface area contributed by atoms with E-state index in [0.29, 0.717) is 0 Å². The molecule has 2 amide bonds. The molecule has 1 aromatic rings. The van der Waals surface area contributed by atoms with Crippen LogP contribution in [0.1, 0.15) is 39.4 Å². The number of cyclic esters (lactones) is 1.